The van der Waals surface area contributed by atoms with E-state index in [1.807, 2.05) is 55.5 Å². The molecule has 2 N–H and O–H groups in total. The summed E-state index contributed by atoms with van der Waals surface area (Å²) in [5.41, 5.74) is 1.93. The topological polar surface area (TPSA) is 59.0 Å². The van der Waals surface area contributed by atoms with Crippen LogP contribution in [0.15, 0.2) is 60.8 Å². The monoisotopic (exact) mass is 339 g/mol. The predicted molar refractivity (Wildman–Crippen MR) is 96.5 cm³/mol. The number of hydrogen-bond acceptors (Lipinski definition) is 3. The lowest BCUT2D eigenvalue weighted by molar-refractivity contribution is 0.102. The fourth-order valence-electron chi connectivity index (χ4n) is 2.39. The summed E-state index contributed by atoms with van der Waals surface area (Å²) in [7, 11) is 0. The number of nitrogens with one attached hydrogen (secondary N) is 2. The number of nitrogens with zero attached hydrogens (tertiary/aromatic N) is 1. The maximum absolute atomic E-state index is 12.7. The number of aromatic amines is 1. The number of amides is 1. The smallest absolute Gasteiger partial charge is 0.274 e. The van der Waals surface area contributed by atoms with E-state index in [0.717, 1.165) is 5.69 Å². The van der Waals surface area contributed by atoms with E-state index in [1.165, 1.54) is 0 Å². The molecule has 5 nitrogen and oxygen atoms in total. The van der Waals surface area contributed by atoms with Crippen LogP contribution in [0.5, 0.6) is 5.75 Å². The molecule has 6 heteroatoms. The molecule has 0 spiro atoms. The second kappa shape index (κ2) is 7.14. The van der Waals surface area contributed by atoms with Gasteiger partial charge in [-0.05, 0) is 43.4 Å². The maximum Gasteiger partial charge on any atom is 0.274 e. The van der Waals surface area contributed by atoms with Gasteiger partial charge in [0.2, 0.25) is 0 Å². The number of H-pyrrole nitrogens is 1. The third-order valence-electron chi connectivity index (χ3n) is 3.43. The van der Waals surface area contributed by atoms with Crippen LogP contribution in [0.2, 0.25) is 0 Å². The van der Waals surface area contributed by atoms with Crippen LogP contribution in [0.3, 0.4) is 0 Å². The molecule has 0 saturated heterocycles. The number of aromatic nitrogens is 2. The van der Waals surface area contributed by atoms with Crippen molar-refractivity contribution in [2.75, 3.05) is 11.9 Å². The van der Waals surface area contributed by atoms with E-state index in [1.54, 1.807) is 16.8 Å². The number of benzene rings is 2. The Balaban J connectivity index is 1.89. The molecule has 0 aliphatic heterocycles. The first-order valence-electron chi connectivity index (χ1n) is 7.59. The van der Waals surface area contributed by atoms with Crippen molar-refractivity contribution in [2.24, 2.45) is 0 Å². The van der Waals surface area contributed by atoms with Crippen LogP contribution >= 0.6 is 12.2 Å². The van der Waals surface area contributed by atoms with E-state index < -0.39 is 0 Å². The van der Waals surface area contributed by atoms with Gasteiger partial charge in [-0.3, -0.25) is 9.36 Å². The molecule has 0 saturated carbocycles. The van der Waals surface area contributed by atoms with Gasteiger partial charge in [-0.2, -0.15) is 0 Å². The van der Waals surface area contributed by atoms with Crippen molar-refractivity contribution in [3.8, 4) is 11.4 Å². The van der Waals surface area contributed by atoms with Gasteiger partial charge in [0.15, 0.2) is 4.77 Å². The molecule has 2 aromatic carbocycles. The van der Waals surface area contributed by atoms with E-state index in [0.29, 0.717) is 28.5 Å². The Morgan fingerprint density at radius 1 is 1.21 bits per heavy atom. The number of imidazole rings is 1. The van der Waals surface area contributed by atoms with Crippen LogP contribution in [0.4, 0.5) is 5.69 Å². The highest BCUT2D eigenvalue weighted by Crippen LogP contribution is 2.19. The molecule has 1 amide bonds. The minimum atomic E-state index is -0.250. The van der Waals surface area contributed by atoms with Gasteiger partial charge in [0.1, 0.15) is 11.4 Å². The van der Waals surface area contributed by atoms with Crippen LogP contribution in [0.25, 0.3) is 5.69 Å². The van der Waals surface area contributed by atoms with Crippen molar-refractivity contribution < 1.29 is 9.53 Å². The Hall–Kier alpha value is -2.86. The van der Waals surface area contributed by atoms with Crippen LogP contribution in [-0.4, -0.2) is 22.1 Å². The number of anilines is 1. The van der Waals surface area contributed by atoms with E-state index in [4.69, 9.17) is 17.0 Å². The van der Waals surface area contributed by atoms with Gasteiger partial charge in [-0.25, -0.2) is 0 Å². The SMILES string of the molecule is CCOc1cccc(NC(=O)c2c[nH]c(=S)n2-c2ccccc2)c1. The Kier molecular flexibility index (Phi) is 4.77. The number of para-hydroxylation sites is 1. The van der Waals surface area contributed by atoms with Gasteiger partial charge in [0, 0.05) is 23.6 Å². The molecule has 24 heavy (non-hydrogen) atoms. The van der Waals surface area contributed by atoms with E-state index in [9.17, 15) is 4.79 Å². The lowest BCUT2D eigenvalue weighted by atomic mass is 10.2. The molecule has 0 aliphatic rings. The average Bonchev–Trinajstić information content (AvgIpc) is 2.98. The van der Waals surface area contributed by atoms with Gasteiger partial charge >= 0.3 is 0 Å². The predicted octanol–water partition coefficient (Wildman–Crippen LogP) is 4.19. The molecule has 0 aliphatic carbocycles. The van der Waals surface area contributed by atoms with Gasteiger partial charge in [0.25, 0.3) is 5.91 Å². The zero-order valence-corrected chi connectivity index (χ0v) is 14.0. The number of hydrogen-bond donors (Lipinski definition) is 2. The average molecular weight is 339 g/mol. The van der Waals surface area contributed by atoms with Crippen molar-refractivity contribution >= 4 is 23.8 Å². The van der Waals surface area contributed by atoms with E-state index >= 15 is 0 Å². The van der Waals surface area contributed by atoms with E-state index in [2.05, 4.69) is 10.3 Å². The summed E-state index contributed by atoms with van der Waals surface area (Å²) in [5.74, 6) is 0.462. The summed E-state index contributed by atoms with van der Waals surface area (Å²) < 4.78 is 7.62. The summed E-state index contributed by atoms with van der Waals surface area (Å²) >= 11 is 5.30. The lowest BCUT2D eigenvalue weighted by Gasteiger charge is -2.10. The van der Waals surface area contributed by atoms with Crippen LogP contribution < -0.4 is 10.1 Å². The first kappa shape index (κ1) is 16.0. The van der Waals surface area contributed by atoms with Gasteiger partial charge in [0.05, 0.1) is 6.61 Å². The Morgan fingerprint density at radius 2 is 2.00 bits per heavy atom. The van der Waals surface area contributed by atoms with Crippen molar-refractivity contribution in [3.63, 3.8) is 0 Å². The van der Waals surface area contributed by atoms with Gasteiger partial charge in [-0.1, -0.05) is 24.3 Å². The zero-order valence-electron chi connectivity index (χ0n) is 13.2. The highest BCUT2D eigenvalue weighted by molar-refractivity contribution is 7.71. The van der Waals surface area contributed by atoms with Gasteiger partial charge in [-0.15, -0.1) is 0 Å². The molecule has 0 atom stereocenters. The number of ether oxygens (including phenoxy) is 1. The standard InChI is InChI=1S/C18H17N3O2S/c1-2-23-15-10-6-7-13(11-15)20-17(22)16-12-19-18(24)21(16)14-8-4-3-5-9-14/h3-12H,2H2,1H3,(H,19,24)(H,20,22). The minimum Gasteiger partial charge on any atom is -0.494 e. The third-order valence-corrected chi connectivity index (χ3v) is 3.73. The highest BCUT2D eigenvalue weighted by atomic mass is 32.1. The van der Waals surface area contributed by atoms with E-state index in [-0.39, 0.29) is 5.91 Å². The number of rotatable bonds is 5. The summed E-state index contributed by atoms with van der Waals surface area (Å²) in [6.07, 6.45) is 1.61. The largest absolute Gasteiger partial charge is 0.494 e. The molecule has 122 valence electrons. The molecule has 3 aromatic rings. The third kappa shape index (κ3) is 3.38. The Morgan fingerprint density at radius 3 is 2.75 bits per heavy atom. The second-order valence-electron chi connectivity index (χ2n) is 5.06. The summed E-state index contributed by atoms with van der Waals surface area (Å²) in [4.78, 5) is 15.6. The lowest BCUT2D eigenvalue weighted by Crippen LogP contribution is -2.16. The summed E-state index contributed by atoms with van der Waals surface area (Å²) in [6.45, 7) is 2.49. The van der Waals surface area contributed by atoms with Crippen LogP contribution in [-0.2, 0) is 0 Å². The van der Waals surface area contributed by atoms with Crippen molar-refractivity contribution in [1.29, 1.82) is 0 Å². The van der Waals surface area contributed by atoms with Crippen LogP contribution in [0.1, 0.15) is 17.4 Å². The maximum atomic E-state index is 12.7. The Labute approximate surface area is 144 Å². The van der Waals surface area contributed by atoms with Crippen molar-refractivity contribution in [3.05, 3.63) is 71.3 Å². The Bertz CT molecular complexity index is 900. The molecular weight excluding hydrogens is 322 g/mol. The first-order valence-corrected chi connectivity index (χ1v) is 8.00. The fourth-order valence-corrected chi connectivity index (χ4v) is 2.66. The number of carbonyl (C=O) groups is 1. The molecule has 1 aromatic heterocycles. The van der Waals surface area contributed by atoms with Crippen molar-refractivity contribution in [2.45, 2.75) is 6.92 Å². The summed E-state index contributed by atoms with van der Waals surface area (Å²) in [6, 6.07) is 16.8. The second-order valence-corrected chi connectivity index (χ2v) is 5.45. The molecule has 0 unspecified atom stereocenters. The molecule has 3 rings (SSSR count). The summed E-state index contributed by atoms with van der Waals surface area (Å²) in [5, 5.41) is 2.87. The number of carbonyl (C=O) groups excluding carboxylic acids is 1. The highest BCUT2D eigenvalue weighted by Gasteiger charge is 2.14. The molecule has 0 radical (unpaired) electrons. The normalized spacial score (nSPS) is 10.4. The quantitative estimate of drug-likeness (QED) is 0.685. The van der Waals surface area contributed by atoms with Crippen molar-refractivity contribution in [1.82, 2.24) is 9.55 Å². The molecule has 0 bridgehead atoms. The fraction of sp³-hybridized carbons (Fsp3) is 0.111. The van der Waals surface area contributed by atoms with Crippen LogP contribution in [0, 0.1) is 4.77 Å². The molecule has 0 fully saturated rings. The minimum absolute atomic E-state index is 0.250. The van der Waals surface area contributed by atoms with Gasteiger partial charge < -0.3 is 15.0 Å². The molecular formula is C18H17N3O2S. The molecule has 1 heterocycles. The zero-order chi connectivity index (χ0) is 16.9. The first-order chi connectivity index (χ1) is 11.7.